The molecule has 0 saturated carbocycles. The Bertz CT molecular complexity index is 906. The van der Waals surface area contributed by atoms with Crippen LogP contribution in [0.4, 0.5) is 0 Å². The van der Waals surface area contributed by atoms with Crippen molar-refractivity contribution in [3.8, 4) is 17.2 Å². The van der Waals surface area contributed by atoms with E-state index in [0.717, 1.165) is 5.56 Å². The van der Waals surface area contributed by atoms with Gasteiger partial charge in [0.1, 0.15) is 0 Å². The lowest BCUT2D eigenvalue weighted by molar-refractivity contribution is -0.120. The van der Waals surface area contributed by atoms with Gasteiger partial charge in [-0.1, -0.05) is 32.9 Å². The van der Waals surface area contributed by atoms with E-state index in [1.165, 1.54) is 20.4 Å². The molecule has 2 rings (SSSR count). The van der Waals surface area contributed by atoms with Gasteiger partial charge in [0.25, 0.3) is 11.8 Å². The number of amides is 2. The van der Waals surface area contributed by atoms with Crippen molar-refractivity contribution < 1.29 is 23.8 Å². The third-order valence-corrected chi connectivity index (χ3v) is 4.23. The maximum absolute atomic E-state index is 12.3. The van der Waals surface area contributed by atoms with Gasteiger partial charge in [-0.15, -0.1) is 0 Å². The molecule has 0 radical (unpaired) electrons. The molecule has 0 fully saturated rings. The average molecular weight is 413 g/mol. The fourth-order valence-electron chi connectivity index (χ4n) is 2.61. The third kappa shape index (κ3) is 5.97. The topological polar surface area (TPSA) is 112 Å². The second-order valence-corrected chi connectivity index (χ2v) is 7.54. The molecule has 2 amide bonds. The van der Waals surface area contributed by atoms with E-state index in [1.54, 1.807) is 24.3 Å². The van der Waals surface area contributed by atoms with Crippen LogP contribution in [-0.2, 0) is 10.2 Å². The number of nitrogens with one attached hydrogen (secondary N) is 1. The second kappa shape index (κ2) is 9.78. The van der Waals surface area contributed by atoms with Crippen molar-refractivity contribution in [2.75, 3.05) is 20.8 Å². The highest BCUT2D eigenvalue weighted by Crippen LogP contribution is 2.38. The molecule has 160 valence electrons. The van der Waals surface area contributed by atoms with Crippen molar-refractivity contribution in [1.29, 1.82) is 0 Å². The first kappa shape index (κ1) is 22.7. The molecule has 2 aromatic carbocycles. The van der Waals surface area contributed by atoms with Gasteiger partial charge in [-0.05, 0) is 35.2 Å². The Morgan fingerprint density at radius 1 is 1.07 bits per heavy atom. The number of primary amides is 1. The van der Waals surface area contributed by atoms with Gasteiger partial charge in [0.05, 0.1) is 20.4 Å². The molecular formula is C22H27N3O5. The van der Waals surface area contributed by atoms with E-state index in [4.69, 9.17) is 19.9 Å². The van der Waals surface area contributed by atoms with Crippen LogP contribution in [0.5, 0.6) is 17.2 Å². The highest BCUT2D eigenvalue weighted by Gasteiger charge is 2.16. The molecule has 3 N–H and O–H groups in total. The third-order valence-electron chi connectivity index (χ3n) is 4.23. The number of carbonyl (C=O) groups excluding carboxylic acids is 2. The number of hydrogen-bond acceptors (Lipinski definition) is 6. The van der Waals surface area contributed by atoms with Crippen molar-refractivity contribution in [2.45, 2.75) is 26.2 Å². The van der Waals surface area contributed by atoms with Crippen molar-refractivity contribution in [3.05, 3.63) is 53.1 Å². The maximum Gasteiger partial charge on any atom is 0.271 e. The maximum atomic E-state index is 12.3. The van der Waals surface area contributed by atoms with Crippen molar-refractivity contribution in [1.82, 2.24) is 5.43 Å². The number of methoxy groups -OCH3 is 2. The molecule has 8 nitrogen and oxygen atoms in total. The van der Waals surface area contributed by atoms with E-state index >= 15 is 0 Å². The van der Waals surface area contributed by atoms with Crippen LogP contribution in [0.3, 0.4) is 0 Å². The van der Waals surface area contributed by atoms with Crippen LogP contribution in [0.1, 0.15) is 42.3 Å². The molecule has 0 bridgehead atoms. The van der Waals surface area contributed by atoms with Crippen LogP contribution in [-0.4, -0.2) is 38.9 Å². The largest absolute Gasteiger partial charge is 0.493 e. The molecule has 0 atom stereocenters. The normalized spacial score (nSPS) is 11.2. The average Bonchev–Trinajstić information content (AvgIpc) is 2.71. The first-order chi connectivity index (χ1) is 14.2. The van der Waals surface area contributed by atoms with E-state index in [1.807, 2.05) is 12.1 Å². The Hall–Kier alpha value is -3.55. The summed E-state index contributed by atoms with van der Waals surface area (Å²) in [7, 11) is 2.91. The molecule has 2 aromatic rings. The van der Waals surface area contributed by atoms with Crippen molar-refractivity contribution >= 4 is 18.0 Å². The Balaban J connectivity index is 2.13. The smallest absolute Gasteiger partial charge is 0.271 e. The summed E-state index contributed by atoms with van der Waals surface area (Å²) in [5, 5.41) is 3.99. The van der Waals surface area contributed by atoms with Crippen LogP contribution in [0, 0.1) is 0 Å². The molecule has 8 heteroatoms. The van der Waals surface area contributed by atoms with Gasteiger partial charge in [0.2, 0.25) is 5.75 Å². The van der Waals surface area contributed by atoms with Gasteiger partial charge >= 0.3 is 0 Å². The van der Waals surface area contributed by atoms with Gasteiger partial charge in [0, 0.05) is 11.1 Å². The quantitative estimate of drug-likeness (QED) is 0.510. The molecule has 0 aliphatic carbocycles. The summed E-state index contributed by atoms with van der Waals surface area (Å²) in [6.07, 6.45) is 1.45. The second-order valence-electron chi connectivity index (χ2n) is 7.54. The molecule has 0 unspecified atom stereocenters. The van der Waals surface area contributed by atoms with Gasteiger partial charge in [-0.3, -0.25) is 9.59 Å². The summed E-state index contributed by atoms with van der Waals surface area (Å²) in [5.41, 5.74) is 9.86. The summed E-state index contributed by atoms with van der Waals surface area (Å²) >= 11 is 0. The molecule has 0 spiro atoms. The van der Waals surface area contributed by atoms with Gasteiger partial charge < -0.3 is 19.9 Å². The SMILES string of the molecule is COc1cc(/C=N\NC(=O)c2ccc(C(C)(C)C)cc2)cc(OC)c1OCC(N)=O. The zero-order valence-electron chi connectivity index (χ0n) is 17.8. The van der Waals surface area contributed by atoms with Crippen LogP contribution in [0.15, 0.2) is 41.5 Å². The van der Waals surface area contributed by atoms with Crippen LogP contribution >= 0.6 is 0 Å². The first-order valence-electron chi connectivity index (χ1n) is 9.26. The lowest BCUT2D eigenvalue weighted by atomic mass is 9.87. The fourth-order valence-corrected chi connectivity index (χ4v) is 2.61. The van der Waals surface area contributed by atoms with E-state index in [2.05, 4.69) is 31.3 Å². The summed E-state index contributed by atoms with van der Waals surface area (Å²) in [5.74, 6) is -0.0312. The Labute approximate surface area is 176 Å². The monoisotopic (exact) mass is 413 g/mol. The fraction of sp³-hybridized carbons (Fsp3) is 0.318. The number of rotatable bonds is 8. The highest BCUT2D eigenvalue weighted by molar-refractivity contribution is 5.95. The minimum Gasteiger partial charge on any atom is -0.493 e. The van der Waals surface area contributed by atoms with Gasteiger partial charge in [-0.2, -0.15) is 5.10 Å². The molecular weight excluding hydrogens is 386 g/mol. The molecule has 30 heavy (non-hydrogen) atoms. The molecule has 0 aliphatic rings. The number of nitrogens with two attached hydrogens (primary N) is 1. The zero-order chi connectivity index (χ0) is 22.3. The number of nitrogens with zero attached hydrogens (tertiary/aromatic N) is 1. The van der Waals surface area contributed by atoms with Crippen molar-refractivity contribution in [3.63, 3.8) is 0 Å². The van der Waals surface area contributed by atoms with E-state index < -0.39 is 5.91 Å². The molecule has 0 saturated heterocycles. The predicted molar refractivity (Wildman–Crippen MR) is 114 cm³/mol. The Kier molecular flexibility index (Phi) is 7.41. The molecule has 0 heterocycles. The standard InChI is InChI=1S/C22H27N3O5/c1-22(2,3)16-8-6-15(7-9-16)21(27)25-24-12-14-10-17(28-4)20(18(11-14)29-5)30-13-19(23)26/h6-12H,13H2,1-5H3,(H2,23,26)(H,25,27)/b24-12-. The van der Waals surface area contributed by atoms with Crippen LogP contribution in [0.2, 0.25) is 0 Å². The number of benzene rings is 2. The summed E-state index contributed by atoms with van der Waals surface area (Å²) in [6, 6.07) is 10.7. The first-order valence-corrected chi connectivity index (χ1v) is 9.26. The summed E-state index contributed by atoms with van der Waals surface area (Å²) in [6.45, 7) is 6.02. The lowest BCUT2D eigenvalue weighted by Crippen LogP contribution is -2.20. The Morgan fingerprint density at radius 2 is 1.63 bits per heavy atom. The minimum absolute atomic E-state index is 0.0125. The number of ether oxygens (including phenoxy) is 3. The number of hydrazone groups is 1. The molecule has 0 aromatic heterocycles. The Morgan fingerprint density at radius 3 is 2.10 bits per heavy atom. The number of carbonyl (C=O) groups is 2. The summed E-state index contributed by atoms with van der Waals surface area (Å²) < 4.78 is 15.9. The van der Waals surface area contributed by atoms with Crippen molar-refractivity contribution in [2.24, 2.45) is 10.8 Å². The minimum atomic E-state index is -0.622. The van der Waals surface area contributed by atoms with E-state index in [-0.39, 0.29) is 23.7 Å². The van der Waals surface area contributed by atoms with Gasteiger partial charge in [0.15, 0.2) is 18.1 Å². The predicted octanol–water partition coefficient (Wildman–Crippen LogP) is 2.63. The summed E-state index contributed by atoms with van der Waals surface area (Å²) in [4.78, 5) is 23.3. The number of hydrogen-bond donors (Lipinski definition) is 2. The van der Waals surface area contributed by atoms with Gasteiger partial charge in [-0.25, -0.2) is 5.43 Å². The zero-order valence-corrected chi connectivity index (χ0v) is 17.8. The highest BCUT2D eigenvalue weighted by atomic mass is 16.5. The molecule has 0 aliphatic heterocycles. The van der Waals surface area contributed by atoms with Crippen LogP contribution < -0.4 is 25.4 Å². The lowest BCUT2D eigenvalue weighted by Gasteiger charge is -2.18. The van der Waals surface area contributed by atoms with E-state index in [9.17, 15) is 9.59 Å². The van der Waals surface area contributed by atoms with E-state index in [0.29, 0.717) is 22.6 Å². The van der Waals surface area contributed by atoms with Crippen LogP contribution in [0.25, 0.3) is 0 Å².